The van der Waals surface area contributed by atoms with Gasteiger partial charge in [0.2, 0.25) is 5.91 Å². The Morgan fingerprint density at radius 2 is 1.81 bits per heavy atom. The number of methoxy groups -OCH3 is 1. The second-order valence-electron chi connectivity index (χ2n) is 7.64. The topological polar surface area (TPSA) is 105 Å². The lowest BCUT2D eigenvalue weighted by Gasteiger charge is -2.29. The molecule has 0 atom stereocenters. The molecule has 170 valence electrons. The summed E-state index contributed by atoms with van der Waals surface area (Å²) in [5, 5.41) is 0. The second kappa shape index (κ2) is 8.79. The van der Waals surface area contributed by atoms with Crippen molar-refractivity contribution in [1.29, 1.82) is 0 Å². The molecule has 4 rings (SSSR count). The first-order valence-corrected chi connectivity index (χ1v) is 11.8. The van der Waals surface area contributed by atoms with Crippen LogP contribution in [0.2, 0.25) is 0 Å². The van der Waals surface area contributed by atoms with Crippen molar-refractivity contribution in [3.63, 3.8) is 0 Å². The Labute approximate surface area is 187 Å². The zero-order valence-electron chi connectivity index (χ0n) is 18.0. The SMILES string of the molecule is COC(=O)c1cc(N2CCOCC2)ccc1NS(=O)(=O)c1ccc2c(c1)CCN2C(C)=O. The fourth-order valence-corrected chi connectivity index (χ4v) is 5.12. The van der Waals surface area contributed by atoms with E-state index in [9.17, 15) is 18.0 Å². The number of fused-ring (bicyclic) bond motifs is 1. The molecule has 2 aromatic carbocycles. The number of morpholine rings is 1. The van der Waals surface area contributed by atoms with Gasteiger partial charge in [-0.05, 0) is 48.4 Å². The van der Waals surface area contributed by atoms with Crippen LogP contribution in [-0.4, -0.2) is 60.3 Å². The molecule has 0 radical (unpaired) electrons. The van der Waals surface area contributed by atoms with Gasteiger partial charge in [0.1, 0.15) is 0 Å². The monoisotopic (exact) mass is 459 g/mol. The van der Waals surface area contributed by atoms with E-state index >= 15 is 0 Å². The van der Waals surface area contributed by atoms with Crippen LogP contribution in [0.1, 0.15) is 22.8 Å². The van der Waals surface area contributed by atoms with Gasteiger partial charge in [-0.15, -0.1) is 0 Å². The minimum atomic E-state index is -3.97. The molecule has 1 amide bonds. The fourth-order valence-electron chi connectivity index (χ4n) is 3.99. The predicted molar refractivity (Wildman–Crippen MR) is 120 cm³/mol. The number of hydrogen-bond donors (Lipinski definition) is 1. The van der Waals surface area contributed by atoms with Gasteiger partial charge in [0.05, 0.1) is 36.5 Å². The zero-order valence-corrected chi connectivity index (χ0v) is 18.8. The van der Waals surface area contributed by atoms with Gasteiger partial charge in [-0.3, -0.25) is 9.52 Å². The van der Waals surface area contributed by atoms with Gasteiger partial charge in [-0.25, -0.2) is 13.2 Å². The molecule has 0 aromatic heterocycles. The quantitative estimate of drug-likeness (QED) is 0.682. The van der Waals surface area contributed by atoms with Crippen LogP contribution in [0.3, 0.4) is 0 Å². The first kappa shape index (κ1) is 22.1. The first-order chi connectivity index (χ1) is 15.3. The zero-order chi connectivity index (χ0) is 22.9. The Morgan fingerprint density at radius 3 is 2.50 bits per heavy atom. The van der Waals surface area contributed by atoms with Crippen molar-refractivity contribution in [3.8, 4) is 0 Å². The summed E-state index contributed by atoms with van der Waals surface area (Å²) in [7, 11) is -2.72. The normalized spacial score (nSPS) is 15.9. The Balaban J connectivity index is 1.64. The third-order valence-corrected chi connectivity index (χ3v) is 7.03. The van der Waals surface area contributed by atoms with E-state index < -0.39 is 16.0 Å². The fraction of sp³-hybridized carbons (Fsp3) is 0.364. The number of anilines is 3. The van der Waals surface area contributed by atoms with Crippen LogP contribution in [0.25, 0.3) is 0 Å². The number of benzene rings is 2. The minimum Gasteiger partial charge on any atom is -0.465 e. The third-order valence-electron chi connectivity index (χ3n) is 5.67. The molecular formula is C22H25N3O6S. The average molecular weight is 460 g/mol. The van der Waals surface area contributed by atoms with Crippen LogP contribution in [0.15, 0.2) is 41.3 Å². The van der Waals surface area contributed by atoms with Crippen molar-refractivity contribution < 1.29 is 27.5 Å². The maximum absolute atomic E-state index is 13.1. The van der Waals surface area contributed by atoms with Crippen molar-refractivity contribution in [2.24, 2.45) is 0 Å². The Hall–Kier alpha value is -3.11. The molecule has 0 saturated carbocycles. The smallest absolute Gasteiger partial charge is 0.340 e. The summed E-state index contributed by atoms with van der Waals surface area (Å²) in [5.74, 6) is -0.718. The van der Waals surface area contributed by atoms with Crippen LogP contribution >= 0.6 is 0 Å². The lowest BCUT2D eigenvalue weighted by Crippen LogP contribution is -2.36. The number of sulfonamides is 1. The van der Waals surface area contributed by atoms with Gasteiger partial charge in [-0.2, -0.15) is 0 Å². The number of esters is 1. The van der Waals surface area contributed by atoms with Gasteiger partial charge in [0.25, 0.3) is 10.0 Å². The number of carbonyl (C=O) groups is 2. The van der Waals surface area contributed by atoms with Crippen LogP contribution in [0.4, 0.5) is 17.1 Å². The van der Waals surface area contributed by atoms with E-state index in [1.165, 1.54) is 20.1 Å². The highest BCUT2D eigenvalue weighted by Gasteiger charge is 2.26. The lowest BCUT2D eigenvalue weighted by molar-refractivity contribution is -0.116. The molecule has 2 heterocycles. The molecule has 0 spiro atoms. The summed E-state index contributed by atoms with van der Waals surface area (Å²) >= 11 is 0. The van der Waals surface area contributed by atoms with Gasteiger partial charge < -0.3 is 19.3 Å². The number of carbonyl (C=O) groups excluding carboxylic acids is 2. The van der Waals surface area contributed by atoms with E-state index in [4.69, 9.17) is 9.47 Å². The number of rotatable bonds is 5. The maximum Gasteiger partial charge on any atom is 0.340 e. The average Bonchev–Trinajstić information content (AvgIpc) is 3.23. The van der Waals surface area contributed by atoms with Crippen LogP contribution in [0, 0.1) is 0 Å². The number of amides is 1. The largest absolute Gasteiger partial charge is 0.465 e. The molecule has 2 aromatic rings. The highest BCUT2D eigenvalue weighted by Crippen LogP contribution is 2.32. The Kier molecular flexibility index (Phi) is 6.07. The number of nitrogens with one attached hydrogen (secondary N) is 1. The molecule has 9 nitrogen and oxygen atoms in total. The van der Waals surface area contributed by atoms with Crippen LogP contribution in [-0.2, 0) is 30.7 Å². The van der Waals surface area contributed by atoms with Crippen molar-refractivity contribution >= 4 is 39.0 Å². The predicted octanol–water partition coefficient (Wildman–Crippen LogP) is 2.02. The summed E-state index contributed by atoms with van der Waals surface area (Å²) in [5.41, 5.74) is 2.57. The third kappa shape index (κ3) is 4.28. The minimum absolute atomic E-state index is 0.0646. The molecule has 0 aliphatic carbocycles. The van der Waals surface area contributed by atoms with Crippen molar-refractivity contribution in [2.45, 2.75) is 18.2 Å². The maximum atomic E-state index is 13.1. The highest BCUT2D eigenvalue weighted by molar-refractivity contribution is 7.92. The Bertz CT molecular complexity index is 1160. The summed E-state index contributed by atoms with van der Waals surface area (Å²) in [6.07, 6.45) is 0.583. The van der Waals surface area contributed by atoms with E-state index in [1.807, 2.05) is 0 Å². The van der Waals surface area contributed by atoms with Gasteiger partial charge >= 0.3 is 5.97 Å². The molecular weight excluding hydrogens is 434 g/mol. The molecule has 2 aliphatic heterocycles. The standard InChI is InChI=1S/C22H25N3O6S/c1-15(26)25-8-7-16-13-18(4-6-21(16)25)32(28,29)23-20-5-3-17(14-19(20)22(27)30-2)24-9-11-31-12-10-24/h3-6,13-14,23H,7-12H2,1-2H3. The summed E-state index contributed by atoms with van der Waals surface area (Å²) in [6, 6.07) is 9.63. The molecule has 0 bridgehead atoms. The number of hydrogen-bond acceptors (Lipinski definition) is 7. The molecule has 32 heavy (non-hydrogen) atoms. The highest BCUT2D eigenvalue weighted by atomic mass is 32.2. The molecule has 0 unspecified atom stereocenters. The second-order valence-corrected chi connectivity index (χ2v) is 9.32. The number of nitrogens with zero attached hydrogens (tertiary/aromatic N) is 2. The molecule has 1 saturated heterocycles. The van der Waals surface area contributed by atoms with E-state index in [0.717, 1.165) is 16.9 Å². The van der Waals surface area contributed by atoms with Crippen molar-refractivity contribution in [3.05, 3.63) is 47.5 Å². The van der Waals surface area contributed by atoms with E-state index in [0.29, 0.717) is 39.3 Å². The van der Waals surface area contributed by atoms with Gasteiger partial charge in [0.15, 0.2) is 0 Å². The first-order valence-electron chi connectivity index (χ1n) is 10.3. The van der Waals surface area contributed by atoms with Gasteiger partial charge in [-0.1, -0.05) is 0 Å². The van der Waals surface area contributed by atoms with Gasteiger partial charge in [0, 0.05) is 37.9 Å². The summed E-state index contributed by atoms with van der Waals surface area (Å²) in [6.45, 7) is 4.53. The Morgan fingerprint density at radius 1 is 1.06 bits per heavy atom. The van der Waals surface area contributed by atoms with Crippen molar-refractivity contribution in [1.82, 2.24) is 0 Å². The summed E-state index contributed by atoms with van der Waals surface area (Å²) < 4.78 is 39.0. The van der Waals surface area contributed by atoms with Crippen LogP contribution < -0.4 is 14.5 Å². The molecule has 1 fully saturated rings. The molecule has 1 N–H and O–H groups in total. The molecule has 10 heteroatoms. The van der Waals surface area contributed by atoms with Crippen molar-refractivity contribution in [2.75, 3.05) is 54.5 Å². The van der Waals surface area contributed by atoms with E-state index in [1.54, 1.807) is 35.2 Å². The van der Waals surface area contributed by atoms with Crippen LogP contribution in [0.5, 0.6) is 0 Å². The number of ether oxygens (including phenoxy) is 2. The van der Waals surface area contributed by atoms with E-state index in [-0.39, 0.29) is 22.1 Å². The lowest BCUT2D eigenvalue weighted by atomic mass is 10.1. The molecule has 2 aliphatic rings. The summed E-state index contributed by atoms with van der Waals surface area (Å²) in [4.78, 5) is 27.9. The van der Waals surface area contributed by atoms with E-state index in [2.05, 4.69) is 9.62 Å².